The molecule has 0 aromatic rings. The Morgan fingerprint density at radius 3 is 2.70 bits per heavy atom. The van der Waals surface area contributed by atoms with Crippen LogP contribution in [0.25, 0.3) is 0 Å². The Labute approximate surface area is 139 Å². The van der Waals surface area contributed by atoms with Crippen molar-refractivity contribution in [2.24, 2.45) is 5.92 Å². The zero-order valence-corrected chi connectivity index (χ0v) is 15.3. The van der Waals surface area contributed by atoms with Crippen LogP contribution in [0.15, 0.2) is 23.3 Å². The van der Waals surface area contributed by atoms with E-state index in [1.807, 2.05) is 6.07 Å². The van der Waals surface area contributed by atoms with Crippen LogP contribution in [0.5, 0.6) is 0 Å². The average Bonchev–Trinajstić information content (AvgIpc) is 2.48. The number of esters is 1. The SMILES string of the molecule is COC(=O)C1=CC(COCC[Si](C)(C)C)CCC(=O)C(C#N)=C1. The number of nitriles is 1. The van der Waals surface area contributed by atoms with Gasteiger partial charge in [-0.1, -0.05) is 25.7 Å². The van der Waals surface area contributed by atoms with Crippen molar-refractivity contribution in [1.29, 1.82) is 5.26 Å². The molecule has 0 amide bonds. The lowest BCUT2D eigenvalue weighted by Crippen LogP contribution is -2.23. The molecule has 126 valence electrons. The highest BCUT2D eigenvalue weighted by Gasteiger charge is 2.21. The van der Waals surface area contributed by atoms with Crippen LogP contribution in [-0.4, -0.2) is 40.1 Å². The van der Waals surface area contributed by atoms with E-state index in [1.165, 1.54) is 13.2 Å². The minimum absolute atomic E-state index is 0.000231. The molecule has 1 rings (SSSR count). The minimum Gasteiger partial charge on any atom is -0.465 e. The summed E-state index contributed by atoms with van der Waals surface area (Å²) in [6.07, 6.45) is 3.92. The molecule has 0 aromatic carbocycles. The van der Waals surface area contributed by atoms with Crippen molar-refractivity contribution in [3.63, 3.8) is 0 Å². The van der Waals surface area contributed by atoms with Crippen molar-refractivity contribution in [2.75, 3.05) is 20.3 Å². The van der Waals surface area contributed by atoms with Crippen LogP contribution >= 0.6 is 0 Å². The summed E-state index contributed by atoms with van der Waals surface area (Å²) < 4.78 is 10.5. The Morgan fingerprint density at radius 1 is 1.43 bits per heavy atom. The molecule has 5 nitrogen and oxygen atoms in total. The van der Waals surface area contributed by atoms with Gasteiger partial charge in [-0.05, 0) is 18.5 Å². The molecule has 0 aliphatic heterocycles. The van der Waals surface area contributed by atoms with E-state index < -0.39 is 14.0 Å². The highest BCUT2D eigenvalue weighted by molar-refractivity contribution is 6.76. The van der Waals surface area contributed by atoms with Crippen LogP contribution in [0, 0.1) is 17.2 Å². The largest absolute Gasteiger partial charge is 0.465 e. The molecule has 1 unspecified atom stereocenters. The molecule has 1 aliphatic rings. The van der Waals surface area contributed by atoms with E-state index >= 15 is 0 Å². The van der Waals surface area contributed by atoms with Gasteiger partial charge in [-0.15, -0.1) is 0 Å². The zero-order chi connectivity index (χ0) is 17.5. The molecule has 0 saturated heterocycles. The summed E-state index contributed by atoms with van der Waals surface area (Å²) in [5.74, 6) is -0.820. The number of ketones is 1. The highest BCUT2D eigenvalue weighted by atomic mass is 28.3. The van der Waals surface area contributed by atoms with E-state index in [4.69, 9.17) is 14.7 Å². The summed E-state index contributed by atoms with van der Waals surface area (Å²) in [6, 6.07) is 2.92. The van der Waals surface area contributed by atoms with Gasteiger partial charge in [0.05, 0.1) is 24.9 Å². The molecule has 0 radical (unpaired) electrons. The fourth-order valence-corrected chi connectivity index (χ4v) is 2.91. The van der Waals surface area contributed by atoms with Crippen LogP contribution in [0.3, 0.4) is 0 Å². The van der Waals surface area contributed by atoms with Gasteiger partial charge in [-0.2, -0.15) is 5.26 Å². The van der Waals surface area contributed by atoms with Crippen LogP contribution in [0.2, 0.25) is 25.7 Å². The summed E-state index contributed by atoms with van der Waals surface area (Å²) in [5.41, 5.74) is 0.246. The van der Waals surface area contributed by atoms with Crippen molar-refractivity contribution in [2.45, 2.75) is 38.5 Å². The zero-order valence-electron chi connectivity index (χ0n) is 14.3. The molecular weight excluding hydrogens is 310 g/mol. The minimum atomic E-state index is -1.14. The maximum absolute atomic E-state index is 12.0. The first-order chi connectivity index (χ1) is 10.8. The first-order valence-electron chi connectivity index (χ1n) is 7.79. The summed E-state index contributed by atoms with van der Waals surface area (Å²) >= 11 is 0. The highest BCUT2D eigenvalue weighted by Crippen LogP contribution is 2.20. The van der Waals surface area contributed by atoms with Crippen LogP contribution in [0.1, 0.15) is 12.8 Å². The molecule has 6 heteroatoms. The van der Waals surface area contributed by atoms with Crippen molar-refractivity contribution in [1.82, 2.24) is 0 Å². The molecule has 0 spiro atoms. The third-order valence-electron chi connectivity index (χ3n) is 3.63. The second kappa shape index (κ2) is 8.80. The lowest BCUT2D eigenvalue weighted by molar-refractivity contribution is -0.135. The van der Waals surface area contributed by atoms with Gasteiger partial charge in [0, 0.05) is 27.0 Å². The predicted molar refractivity (Wildman–Crippen MR) is 90.5 cm³/mol. The third kappa shape index (κ3) is 6.93. The number of hydrogen-bond donors (Lipinski definition) is 0. The Hall–Kier alpha value is -1.71. The van der Waals surface area contributed by atoms with E-state index in [0.717, 1.165) is 6.04 Å². The van der Waals surface area contributed by atoms with Crippen molar-refractivity contribution in [3.8, 4) is 6.07 Å². The fourth-order valence-electron chi connectivity index (χ4n) is 2.16. The molecule has 0 fully saturated rings. The van der Waals surface area contributed by atoms with Gasteiger partial charge in [0.15, 0.2) is 5.78 Å². The number of ether oxygens (including phenoxy) is 2. The smallest absolute Gasteiger partial charge is 0.337 e. The third-order valence-corrected chi connectivity index (χ3v) is 5.33. The van der Waals surface area contributed by atoms with E-state index in [9.17, 15) is 9.59 Å². The molecule has 0 bridgehead atoms. The van der Waals surface area contributed by atoms with Gasteiger partial charge in [-0.25, -0.2) is 4.79 Å². The fraction of sp³-hybridized carbons (Fsp3) is 0.588. The maximum Gasteiger partial charge on any atom is 0.337 e. The summed E-state index contributed by atoms with van der Waals surface area (Å²) in [7, 11) is 0.143. The molecule has 0 N–H and O–H groups in total. The van der Waals surface area contributed by atoms with Crippen molar-refractivity contribution >= 4 is 19.8 Å². The summed E-state index contributed by atoms with van der Waals surface area (Å²) in [4.78, 5) is 23.8. The molecule has 0 aromatic heterocycles. The monoisotopic (exact) mass is 335 g/mol. The summed E-state index contributed by atoms with van der Waals surface area (Å²) in [6.45, 7) is 8.02. The Balaban J connectivity index is 2.81. The van der Waals surface area contributed by atoms with Crippen molar-refractivity contribution < 1.29 is 19.1 Å². The topological polar surface area (TPSA) is 76.4 Å². The number of Topliss-reactive ketones (excluding diaryl/α,β-unsaturated/α-hetero) is 1. The average molecular weight is 335 g/mol. The normalized spacial score (nSPS) is 19.1. The van der Waals surface area contributed by atoms with Crippen LogP contribution < -0.4 is 0 Å². The van der Waals surface area contributed by atoms with Crippen LogP contribution in [-0.2, 0) is 19.1 Å². The predicted octanol–water partition coefficient (Wildman–Crippen LogP) is 2.87. The van der Waals surface area contributed by atoms with E-state index in [0.29, 0.717) is 19.6 Å². The number of allylic oxidation sites excluding steroid dienone is 1. The number of hydrogen-bond acceptors (Lipinski definition) is 5. The Morgan fingerprint density at radius 2 is 2.13 bits per heavy atom. The molecule has 0 heterocycles. The van der Waals surface area contributed by atoms with Gasteiger partial charge in [0.25, 0.3) is 0 Å². The van der Waals surface area contributed by atoms with Gasteiger partial charge >= 0.3 is 5.97 Å². The first kappa shape index (κ1) is 19.3. The standard InChI is InChI=1S/C17H25NO4Si/c1-21-17(20)14-9-13(12-22-7-8-23(2,3)4)5-6-16(19)15(10-14)11-18/h9-10,13H,5-8,12H2,1-4H3. The first-order valence-corrected chi connectivity index (χ1v) is 11.5. The second-order valence-electron chi connectivity index (χ2n) is 6.89. The second-order valence-corrected chi connectivity index (χ2v) is 12.5. The lowest BCUT2D eigenvalue weighted by atomic mass is 9.92. The maximum atomic E-state index is 12.0. The van der Waals surface area contributed by atoms with Crippen molar-refractivity contribution in [3.05, 3.63) is 23.3 Å². The van der Waals surface area contributed by atoms with E-state index in [1.54, 1.807) is 6.08 Å². The molecular formula is C17H25NO4Si. The Bertz CT molecular complexity index is 552. The molecule has 23 heavy (non-hydrogen) atoms. The van der Waals surface area contributed by atoms with E-state index in [2.05, 4.69) is 19.6 Å². The number of methoxy groups -OCH3 is 1. The van der Waals surface area contributed by atoms with Gasteiger partial charge in [0.2, 0.25) is 0 Å². The van der Waals surface area contributed by atoms with Crippen LogP contribution in [0.4, 0.5) is 0 Å². The Kier molecular flexibility index (Phi) is 7.40. The number of nitrogens with zero attached hydrogens (tertiary/aromatic N) is 1. The van der Waals surface area contributed by atoms with Gasteiger partial charge in [-0.3, -0.25) is 4.79 Å². The molecule has 0 saturated carbocycles. The number of rotatable bonds is 6. The van der Waals surface area contributed by atoms with Gasteiger partial charge < -0.3 is 9.47 Å². The number of carbonyl (C=O) groups excluding carboxylic acids is 2. The molecule has 1 atom stereocenters. The summed E-state index contributed by atoms with van der Waals surface area (Å²) in [5, 5.41) is 9.03. The molecule has 1 aliphatic carbocycles. The van der Waals surface area contributed by atoms with E-state index in [-0.39, 0.29) is 29.3 Å². The quantitative estimate of drug-likeness (QED) is 0.424. The van der Waals surface area contributed by atoms with Gasteiger partial charge in [0.1, 0.15) is 6.07 Å². The lowest BCUT2D eigenvalue weighted by Gasteiger charge is -2.19. The number of carbonyl (C=O) groups is 2.